The molecule has 0 radical (unpaired) electrons. The Kier molecular flexibility index (Phi) is 4.72. The standard InChI is InChI=1S/C19H28N6/c1-24-8-10-25(11-9-24)16-5-3-15(4-6-16)23-19-17-12-14(20)2-7-18(17)21-13-22-19/h2,7,12-13,15-16H,3-6,8-11,20H2,1H3,(H,21,22,23)/t15-,16-. The number of anilines is 2. The summed E-state index contributed by atoms with van der Waals surface area (Å²) in [4.78, 5) is 13.9. The van der Waals surface area contributed by atoms with Crippen LogP contribution >= 0.6 is 0 Å². The number of aromatic nitrogens is 2. The van der Waals surface area contributed by atoms with E-state index >= 15 is 0 Å². The minimum atomic E-state index is 0.489. The van der Waals surface area contributed by atoms with E-state index in [1.54, 1.807) is 6.33 Å². The molecule has 134 valence electrons. The number of nitrogens with zero attached hydrogens (tertiary/aromatic N) is 4. The van der Waals surface area contributed by atoms with Gasteiger partial charge in [0.1, 0.15) is 12.1 Å². The van der Waals surface area contributed by atoms with Crippen molar-refractivity contribution in [2.45, 2.75) is 37.8 Å². The summed E-state index contributed by atoms with van der Waals surface area (Å²) < 4.78 is 0. The first-order valence-corrected chi connectivity index (χ1v) is 9.38. The van der Waals surface area contributed by atoms with Crippen LogP contribution in [0.5, 0.6) is 0 Å². The Morgan fingerprint density at radius 2 is 1.80 bits per heavy atom. The number of nitrogens with two attached hydrogens (primary N) is 1. The Morgan fingerprint density at radius 3 is 2.56 bits per heavy atom. The lowest BCUT2D eigenvalue weighted by molar-refractivity contribution is 0.0894. The van der Waals surface area contributed by atoms with Crippen molar-refractivity contribution in [1.29, 1.82) is 0 Å². The molecule has 4 rings (SSSR count). The second-order valence-corrected chi connectivity index (χ2v) is 7.49. The van der Waals surface area contributed by atoms with E-state index in [1.165, 1.54) is 51.9 Å². The fourth-order valence-electron chi connectivity index (χ4n) is 4.15. The predicted molar refractivity (Wildman–Crippen MR) is 103 cm³/mol. The molecule has 1 saturated carbocycles. The highest BCUT2D eigenvalue weighted by Gasteiger charge is 2.27. The third-order valence-electron chi connectivity index (χ3n) is 5.75. The first-order valence-electron chi connectivity index (χ1n) is 9.38. The van der Waals surface area contributed by atoms with Gasteiger partial charge in [-0.25, -0.2) is 9.97 Å². The Labute approximate surface area is 149 Å². The van der Waals surface area contributed by atoms with E-state index < -0.39 is 0 Å². The van der Waals surface area contributed by atoms with Gasteiger partial charge < -0.3 is 16.0 Å². The summed E-state index contributed by atoms with van der Waals surface area (Å²) in [5, 5.41) is 4.67. The van der Waals surface area contributed by atoms with Gasteiger partial charge in [0, 0.05) is 49.3 Å². The molecule has 1 saturated heterocycles. The lowest BCUT2D eigenvalue weighted by Crippen LogP contribution is -2.50. The van der Waals surface area contributed by atoms with Crippen molar-refractivity contribution in [2.24, 2.45) is 0 Å². The molecular weight excluding hydrogens is 312 g/mol. The number of hydrogen-bond donors (Lipinski definition) is 2. The Balaban J connectivity index is 1.38. The zero-order valence-corrected chi connectivity index (χ0v) is 15.0. The third-order valence-corrected chi connectivity index (χ3v) is 5.75. The van der Waals surface area contributed by atoms with Crippen molar-refractivity contribution < 1.29 is 0 Å². The first kappa shape index (κ1) is 16.5. The van der Waals surface area contributed by atoms with E-state index in [-0.39, 0.29) is 0 Å². The van der Waals surface area contributed by atoms with E-state index in [0.29, 0.717) is 6.04 Å². The monoisotopic (exact) mass is 340 g/mol. The molecule has 2 heterocycles. The molecule has 1 aromatic carbocycles. The summed E-state index contributed by atoms with van der Waals surface area (Å²) in [5.74, 6) is 0.917. The van der Waals surface area contributed by atoms with Gasteiger partial charge in [-0.2, -0.15) is 0 Å². The molecule has 6 nitrogen and oxygen atoms in total. The van der Waals surface area contributed by atoms with Crippen LogP contribution in [0.3, 0.4) is 0 Å². The second-order valence-electron chi connectivity index (χ2n) is 7.49. The molecular formula is C19H28N6. The van der Waals surface area contributed by atoms with Crippen molar-refractivity contribution in [3.63, 3.8) is 0 Å². The molecule has 6 heteroatoms. The number of hydrogen-bond acceptors (Lipinski definition) is 6. The van der Waals surface area contributed by atoms with Gasteiger partial charge in [0.05, 0.1) is 5.52 Å². The highest BCUT2D eigenvalue weighted by Crippen LogP contribution is 2.28. The van der Waals surface area contributed by atoms with Gasteiger partial charge in [0.15, 0.2) is 0 Å². The van der Waals surface area contributed by atoms with Gasteiger partial charge >= 0.3 is 0 Å². The molecule has 1 aliphatic carbocycles. The average molecular weight is 340 g/mol. The molecule has 1 aromatic heterocycles. The number of nitrogen functional groups attached to an aromatic ring is 1. The first-order chi connectivity index (χ1) is 12.2. The molecule has 25 heavy (non-hydrogen) atoms. The highest BCUT2D eigenvalue weighted by atomic mass is 15.3. The van der Waals surface area contributed by atoms with Crippen molar-refractivity contribution >= 4 is 22.4 Å². The van der Waals surface area contributed by atoms with Gasteiger partial charge in [-0.15, -0.1) is 0 Å². The lowest BCUT2D eigenvalue weighted by Gasteiger charge is -2.41. The van der Waals surface area contributed by atoms with Gasteiger partial charge in [0.2, 0.25) is 0 Å². The number of nitrogens with one attached hydrogen (secondary N) is 1. The van der Waals surface area contributed by atoms with E-state index in [4.69, 9.17) is 5.73 Å². The Hall–Kier alpha value is -1.92. The minimum Gasteiger partial charge on any atom is -0.399 e. The Morgan fingerprint density at radius 1 is 1.04 bits per heavy atom. The number of fused-ring (bicyclic) bond motifs is 1. The zero-order valence-electron chi connectivity index (χ0n) is 15.0. The van der Waals surface area contributed by atoms with Crippen LogP contribution in [0.15, 0.2) is 24.5 Å². The number of piperazine rings is 1. The topological polar surface area (TPSA) is 70.3 Å². The SMILES string of the molecule is CN1CCN([C@H]2CC[C@H](Nc3ncnc4ccc(N)cc34)CC2)CC1. The van der Waals surface area contributed by atoms with Crippen LogP contribution in [0.2, 0.25) is 0 Å². The number of benzene rings is 1. The molecule has 2 fully saturated rings. The average Bonchev–Trinajstić information content (AvgIpc) is 2.64. The molecule has 3 N–H and O–H groups in total. The zero-order chi connectivity index (χ0) is 17.2. The maximum atomic E-state index is 5.94. The van der Waals surface area contributed by atoms with Gasteiger partial charge in [-0.3, -0.25) is 4.90 Å². The molecule has 2 aromatic rings. The summed E-state index contributed by atoms with van der Waals surface area (Å²) >= 11 is 0. The molecule has 0 spiro atoms. The van der Waals surface area contributed by atoms with Crippen LogP contribution in [0.4, 0.5) is 11.5 Å². The quantitative estimate of drug-likeness (QED) is 0.835. The predicted octanol–water partition coefficient (Wildman–Crippen LogP) is 2.18. The highest BCUT2D eigenvalue weighted by molar-refractivity contribution is 5.91. The van der Waals surface area contributed by atoms with Crippen LogP contribution in [0, 0.1) is 0 Å². The van der Waals surface area contributed by atoms with Crippen LogP contribution in [-0.4, -0.2) is 65.1 Å². The molecule has 0 unspecified atom stereocenters. The minimum absolute atomic E-state index is 0.489. The van der Waals surface area contributed by atoms with E-state index in [9.17, 15) is 0 Å². The number of rotatable bonds is 3. The fraction of sp³-hybridized carbons (Fsp3) is 0.579. The lowest BCUT2D eigenvalue weighted by atomic mass is 9.89. The van der Waals surface area contributed by atoms with Crippen molar-refractivity contribution in [3.05, 3.63) is 24.5 Å². The molecule has 0 bridgehead atoms. The third kappa shape index (κ3) is 3.70. The van der Waals surface area contributed by atoms with E-state index in [1.807, 2.05) is 18.2 Å². The van der Waals surface area contributed by atoms with Crippen LogP contribution < -0.4 is 11.1 Å². The fourth-order valence-corrected chi connectivity index (χ4v) is 4.15. The maximum absolute atomic E-state index is 5.94. The van der Waals surface area contributed by atoms with Crippen molar-refractivity contribution in [3.8, 4) is 0 Å². The molecule has 2 aliphatic rings. The molecule has 0 amide bonds. The van der Waals surface area contributed by atoms with E-state index in [0.717, 1.165) is 28.5 Å². The van der Waals surface area contributed by atoms with Crippen molar-refractivity contribution in [1.82, 2.24) is 19.8 Å². The second kappa shape index (κ2) is 7.14. The van der Waals surface area contributed by atoms with Crippen LogP contribution in [-0.2, 0) is 0 Å². The summed E-state index contributed by atoms with van der Waals surface area (Å²) in [6.07, 6.45) is 6.57. The maximum Gasteiger partial charge on any atom is 0.137 e. The van der Waals surface area contributed by atoms with Crippen LogP contribution in [0.1, 0.15) is 25.7 Å². The summed E-state index contributed by atoms with van der Waals surface area (Å²) in [5.41, 5.74) is 7.64. The van der Waals surface area contributed by atoms with Gasteiger partial charge in [-0.1, -0.05) is 0 Å². The smallest absolute Gasteiger partial charge is 0.137 e. The molecule has 1 aliphatic heterocycles. The van der Waals surface area contributed by atoms with Gasteiger partial charge in [0.25, 0.3) is 0 Å². The summed E-state index contributed by atoms with van der Waals surface area (Å²) in [6.45, 7) is 4.84. The molecule has 0 atom stereocenters. The van der Waals surface area contributed by atoms with Crippen molar-refractivity contribution in [2.75, 3.05) is 44.3 Å². The number of likely N-dealkylation sites (N-methyl/N-ethyl adjacent to an activating group) is 1. The summed E-state index contributed by atoms with van der Waals surface area (Å²) in [6, 6.07) is 7.06. The largest absolute Gasteiger partial charge is 0.399 e. The van der Waals surface area contributed by atoms with Crippen LogP contribution in [0.25, 0.3) is 10.9 Å². The van der Waals surface area contributed by atoms with E-state index in [2.05, 4.69) is 32.1 Å². The van der Waals surface area contributed by atoms with Gasteiger partial charge in [-0.05, 0) is 50.9 Å². The Bertz CT molecular complexity index is 717. The normalized spacial score (nSPS) is 26.0. The summed E-state index contributed by atoms with van der Waals surface area (Å²) in [7, 11) is 2.22.